The first-order chi connectivity index (χ1) is 7.95. The van der Waals surface area contributed by atoms with Crippen LogP contribution in [0.2, 0.25) is 0 Å². The van der Waals surface area contributed by atoms with Crippen LogP contribution in [0.4, 0.5) is 0 Å². The number of nitrogens with two attached hydrogens (primary N) is 1. The second-order valence-corrected chi connectivity index (χ2v) is 3.80. The number of allylic oxidation sites excluding steroid dienone is 2. The SMILES string of the molecule is C=C(/C(C)=C\N=C(N)Cl)n1cc(C=O)nc1C. The van der Waals surface area contributed by atoms with Gasteiger partial charge in [-0.25, -0.2) is 9.98 Å². The molecule has 1 rings (SSSR count). The lowest BCUT2D eigenvalue weighted by molar-refractivity contribution is 0.111. The smallest absolute Gasteiger partial charge is 0.193 e. The Bertz CT molecular complexity index is 510. The third-order valence-corrected chi connectivity index (χ3v) is 2.25. The van der Waals surface area contributed by atoms with Gasteiger partial charge in [-0.15, -0.1) is 0 Å². The highest BCUT2D eigenvalue weighted by Gasteiger charge is 2.07. The number of aromatic nitrogens is 2. The summed E-state index contributed by atoms with van der Waals surface area (Å²) in [4.78, 5) is 18.4. The van der Waals surface area contributed by atoms with Gasteiger partial charge in [0.15, 0.2) is 11.6 Å². The molecule has 0 radical (unpaired) electrons. The summed E-state index contributed by atoms with van der Waals surface area (Å²) in [7, 11) is 0. The molecule has 0 spiro atoms. The Labute approximate surface area is 104 Å². The van der Waals surface area contributed by atoms with Gasteiger partial charge in [0.05, 0.1) is 0 Å². The van der Waals surface area contributed by atoms with E-state index in [1.54, 1.807) is 17.7 Å². The molecule has 0 aromatic carbocycles. The number of amidine groups is 1. The minimum Gasteiger partial charge on any atom is -0.374 e. The molecule has 0 aliphatic carbocycles. The minimum absolute atomic E-state index is 0.0481. The van der Waals surface area contributed by atoms with Gasteiger partial charge in [-0.1, -0.05) is 6.58 Å². The Hall–Kier alpha value is -1.88. The number of carbonyl (C=O) groups is 1. The van der Waals surface area contributed by atoms with Gasteiger partial charge in [0.1, 0.15) is 11.5 Å². The van der Waals surface area contributed by atoms with Crippen molar-refractivity contribution >= 4 is 28.9 Å². The van der Waals surface area contributed by atoms with Crippen LogP contribution in [0, 0.1) is 6.92 Å². The highest BCUT2D eigenvalue weighted by Crippen LogP contribution is 2.16. The molecule has 0 aliphatic heterocycles. The number of aliphatic imine (C=N–C) groups is 1. The monoisotopic (exact) mass is 252 g/mol. The van der Waals surface area contributed by atoms with Crippen molar-refractivity contribution in [2.24, 2.45) is 10.7 Å². The lowest BCUT2D eigenvalue weighted by atomic mass is 10.2. The Balaban J connectivity index is 3.04. The molecule has 0 aliphatic rings. The van der Waals surface area contributed by atoms with Crippen molar-refractivity contribution in [1.29, 1.82) is 0 Å². The average Bonchev–Trinajstić information content (AvgIpc) is 2.66. The van der Waals surface area contributed by atoms with Gasteiger partial charge in [-0.05, 0) is 31.0 Å². The minimum atomic E-state index is -0.0481. The first-order valence-electron chi connectivity index (χ1n) is 4.82. The fourth-order valence-corrected chi connectivity index (χ4v) is 1.30. The highest BCUT2D eigenvalue weighted by molar-refractivity contribution is 6.64. The third-order valence-electron chi connectivity index (χ3n) is 2.15. The van der Waals surface area contributed by atoms with Crippen molar-refractivity contribution in [3.05, 3.63) is 36.1 Å². The first-order valence-corrected chi connectivity index (χ1v) is 5.20. The van der Waals surface area contributed by atoms with Gasteiger partial charge in [0.2, 0.25) is 0 Å². The van der Waals surface area contributed by atoms with Crippen LogP contribution in [0.25, 0.3) is 5.70 Å². The fourth-order valence-electron chi connectivity index (χ4n) is 1.25. The summed E-state index contributed by atoms with van der Waals surface area (Å²) in [5.74, 6) is 0.674. The highest BCUT2D eigenvalue weighted by atomic mass is 35.5. The molecule has 1 heterocycles. The van der Waals surface area contributed by atoms with Crippen molar-refractivity contribution < 1.29 is 4.79 Å². The molecule has 0 saturated heterocycles. The molecular weight excluding hydrogens is 240 g/mol. The van der Waals surface area contributed by atoms with Gasteiger partial charge in [0, 0.05) is 18.1 Å². The van der Waals surface area contributed by atoms with E-state index >= 15 is 0 Å². The maximum absolute atomic E-state index is 10.6. The topological polar surface area (TPSA) is 73.3 Å². The summed E-state index contributed by atoms with van der Waals surface area (Å²) in [6.07, 6.45) is 3.80. The average molecular weight is 253 g/mol. The number of hydrogen-bond acceptors (Lipinski definition) is 3. The summed E-state index contributed by atoms with van der Waals surface area (Å²) in [6.45, 7) is 7.49. The molecule has 0 atom stereocenters. The summed E-state index contributed by atoms with van der Waals surface area (Å²) < 4.78 is 1.70. The lowest BCUT2D eigenvalue weighted by Crippen LogP contribution is -2.01. The van der Waals surface area contributed by atoms with E-state index in [1.165, 1.54) is 6.20 Å². The van der Waals surface area contributed by atoms with E-state index in [0.717, 1.165) is 5.57 Å². The third kappa shape index (κ3) is 3.29. The van der Waals surface area contributed by atoms with Crippen LogP contribution in [-0.4, -0.2) is 21.1 Å². The van der Waals surface area contributed by atoms with Crippen LogP contribution in [0.3, 0.4) is 0 Å². The number of imidazole rings is 1. The second kappa shape index (κ2) is 5.45. The summed E-state index contributed by atoms with van der Waals surface area (Å²) in [5, 5.41) is -0.0481. The Morgan fingerprint density at radius 1 is 1.71 bits per heavy atom. The molecule has 90 valence electrons. The number of carbonyl (C=O) groups excluding carboxylic acids is 1. The number of halogens is 1. The van der Waals surface area contributed by atoms with Crippen molar-refractivity contribution in [3.8, 4) is 0 Å². The molecular formula is C11H13ClN4O. The van der Waals surface area contributed by atoms with Gasteiger partial charge >= 0.3 is 0 Å². The van der Waals surface area contributed by atoms with Crippen LogP contribution in [0.1, 0.15) is 23.2 Å². The second-order valence-electron chi connectivity index (χ2n) is 3.41. The van der Waals surface area contributed by atoms with Crippen LogP contribution in [0.5, 0.6) is 0 Å². The molecule has 2 N–H and O–H groups in total. The predicted octanol–water partition coefficient (Wildman–Crippen LogP) is 1.93. The van der Waals surface area contributed by atoms with E-state index in [2.05, 4.69) is 16.6 Å². The van der Waals surface area contributed by atoms with Crippen LogP contribution in [-0.2, 0) is 0 Å². The van der Waals surface area contributed by atoms with Crippen molar-refractivity contribution in [2.45, 2.75) is 13.8 Å². The van der Waals surface area contributed by atoms with Crippen molar-refractivity contribution in [3.63, 3.8) is 0 Å². The summed E-state index contributed by atoms with van der Waals surface area (Å²) >= 11 is 5.42. The number of aldehydes is 1. The number of nitrogens with zero attached hydrogens (tertiary/aromatic N) is 3. The molecule has 5 nitrogen and oxygen atoms in total. The van der Waals surface area contributed by atoms with E-state index in [-0.39, 0.29) is 5.29 Å². The molecule has 0 bridgehead atoms. The lowest BCUT2D eigenvalue weighted by Gasteiger charge is -2.07. The van der Waals surface area contributed by atoms with Crippen LogP contribution >= 0.6 is 11.6 Å². The molecule has 1 aromatic heterocycles. The largest absolute Gasteiger partial charge is 0.374 e. The van der Waals surface area contributed by atoms with Gasteiger partial charge in [0.25, 0.3) is 0 Å². The predicted molar refractivity (Wildman–Crippen MR) is 68.9 cm³/mol. The zero-order valence-corrected chi connectivity index (χ0v) is 10.4. The Kier molecular flexibility index (Phi) is 4.23. The molecule has 0 amide bonds. The Morgan fingerprint density at radius 2 is 2.35 bits per heavy atom. The van der Waals surface area contributed by atoms with E-state index in [0.29, 0.717) is 23.5 Å². The van der Waals surface area contributed by atoms with Crippen LogP contribution < -0.4 is 5.73 Å². The van der Waals surface area contributed by atoms with Crippen molar-refractivity contribution in [2.75, 3.05) is 0 Å². The van der Waals surface area contributed by atoms with E-state index < -0.39 is 0 Å². The molecule has 17 heavy (non-hydrogen) atoms. The van der Waals surface area contributed by atoms with Gasteiger partial charge in [-0.3, -0.25) is 4.79 Å². The standard InChI is InChI=1S/C11H13ClN4O/c1-7(4-14-11(12)13)8(2)16-5-10(6-17)15-9(16)3/h4-6H,2H2,1,3H3,(H2,13,14)/b7-4-. The molecule has 0 saturated carbocycles. The van der Waals surface area contributed by atoms with Gasteiger partial charge < -0.3 is 10.3 Å². The van der Waals surface area contributed by atoms with Crippen LogP contribution in [0.15, 0.2) is 29.5 Å². The Morgan fingerprint density at radius 3 is 2.82 bits per heavy atom. The van der Waals surface area contributed by atoms with Crippen molar-refractivity contribution in [1.82, 2.24) is 9.55 Å². The summed E-state index contributed by atoms with van der Waals surface area (Å²) in [5.41, 5.74) is 7.00. The molecule has 1 aromatic rings. The maximum atomic E-state index is 10.6. The fraction of sp³-hybridized carbons (Fsp3) is 0.182. The number of rotatable bonds is 4. The zero-order valence-electron chi connectivity index (χ0n) is 9.64. The molecule has 0 fully saturated rings. The summed E-state index contributed by atoms with van der Waals surface area (Å²) in [6, 6.07) is 0. The molecule has 6 heteroatoms. The van der Waals surface area contributed by atoms with Gasteiger partial charge in [-0.2, -0.15) is 0 Å². The maximum Gasteiger partial charge on any atom is 0.193 e. The number of hydrogen-bond donors (Lipinski definition) is 1. The van der Waals surface area contributed by atoms with E-state index in [9.17, 15) is 4.79 Å². The normalized spacial score (nSPS) is 12.6. The van der Waals surface area contributed by atoms with E-state index in [1.807, 2.05) is 6.92 Å². The zero-order chi connectivity index (χ0) is 13.0. The first kappa shape index (κ1) is 13.2. The molecule has 0 unspecified atom stereocenters. The van der Waals surface area contributed by atoms with E-state index in [4.69, 9.17) is 17.3 Å². The quantitative estimate of drug-likeness (QED) is 0.293. The number of aryl methyl sites for hydroxylation is 1.